The molecule has 1 aromatic heterocycles. The molecule has 9 nitrogen and oxygen atoms in total. The average Bonchev–Trinajstić information content (AvgIpc) is 2.72. The monoisotopic (exact) mass is 478 g/mol. The lowest BCUT2D eigenvalue weighted by atomic mass is 9.95. The SMILES string of the molecule is CC(=O)Oc1cc(OC(C)=O)c2c(=O)c(-c3ccc(OC(C)=O)c4c3OC(C)(C)C=C4)coc2c1. The predicted molar refractivity (Wildman–Crippen MR) is 126 cm³/mol. The number of hydrogen-bond acceptors (Lipinski definition) is 9. The third-order valence-electron chi connectivity index (χ3n) is 5.05. The molecule has 2 aromatic carbocycles. The predicted octanol–water partition coefficient (Wildman–Crippen LogP) is 4.42. The van der Waals surface area contributed by atoms with Crippen molar-refractivity contribution in [3.8, 4) is 34.1 Å². The summed E-state index contributed by atoms with van der Waals surface area (Å²) in [5.74, 6) is -1.23. The van der Waals surface area contributed by atoms with Gasteiger partial charge in [0, 0.05) is 38.5 Å². The van der Waals surface area contributed by atoms with Crippen molar-refractivity contribution in [2.75, 3.05) is 0 Å². The van der Waals surface area contributed by atoms with Crippen LogP contribution in [0.2, 0.25) is 0 Å². The molecule has 0 atom stereocenters. The van der Waals surface area contributed by atoms with Gasteiger partial charge in [-0.05, 0) is 38.1 Å². The van der Waals surface area contributed by atoms with Gasteiger partial charge in [0.05, 0.1) is 11.1 Å². The second-order valence-electron chi connectivity index (χ2n) is 8.45. The van der Waals surface area contributed by atoms with Crippen LogP contribution in [-0.2, 0) is 14.4 Å². The third-order valence-corrected chi connectivity index (χ3v) is 5.05. The number of rotatable bonds is 4. The van der Waals surface area contributed by atoms with E-state index in [-0.39, 0.29) is 33.8 Å². The highest BCUT2D eigenvalue weighted by molar-refractivity contribution is 5.92. The lowest BCUT2D eigenvalue weighted by molar-refractivity contribution is -0.133. The van der Waals surface area contributed by atoms with Crippen LogP contribution in [0.3, 0.4) is 0 Å². The minimum atomic E-state index is -0.699. The lowest BCUT2D eigenvalue weighted by Gasteiger charge is -2.30. The van der Waals surface area contributed by atoms with Crippen LogP contribution >= 0.6 is 0 Å². The Morgan fingerprint density at radius 3 is 2.17 bits per heavy atom. The normalized spacial score (nSPS) is 13.5. The van der Waals surface area contributed by atoms with Crippen LogP contribution in [0.5, 0.6) is 23.0 Å². The number of benzene rings is 2. The van der Waals surface area contributed by atoms with E-state index in [9.17, 15) is 19.2 Å². The van der Waals surface area contributed by atoms with Gasteiger partial charge in [-0.25, -0.2) is 0 Å². The number of esters is 3. The van der Waals surface area contributed by atoms with Gasteiger partial charge in [-0.15, -0.1) is 0 Å². The summed E-state index contributed by atoms with van der Waals surface area (Å²) in [7, 11) is 0. The Morgan fingerprint density at radius 2 is 1.51 bits per heavy atom. The van der Waals surface area contributed by atoms with Gasteiger partial charge in [-0.3, -0.25) is 19.2 Å². The Kier molecular flexibility index (Phi) is 5.94. The molecular formula is C26H22O9. The average molecular weight is 478 g/mol. The van der Waals surface area contributed by atoms with Crippen LogP contribution in [0.15, 0.2) is 45.8 Å². The number of ether oxygens (including phenoxy) is 4. The number of carbonyl (C=O) groups is 3. The fourth-order valence-electron chi connectivity index (χ4n) is 3.73. The fraction of sp³-hybridized carbons (Fsp3) is 0.231. The highest BCUT2D eigenvalue weighted by atomic mass is 16.5. The van der Waals surface area contributed by atoms with E-state index in [1.807, 2.05) is 19.9 Å². The van der Waals surface area contributed by atoms with Crippen LogP contribution < -0.4 is 24.4 Å². The number of hydrogen-bond donors (Lipinski definition) is 0. The Balaban J connectivity index is 1.97. The highest BCUT2D eigenvalue weighted by Crippen LogP contribution is 2.44. The molecule has 0 bridgehead atoms. The van der Waals surface area contributed by atoms with E-state index in [0.29, 0.717) is 16.9 Å². The van der Waals surface area contributed by atoms with Crippen LogP contribution in [0.4, 0.5) is 0 Å². The van der Waals surface area contributed by atoms with Crippen molar-refractivity contribution >= 4 is 35.0 Å². The second kappa shape index (κ2) is 8.75. The van der Waals surface area contributed by atoms with Crippen LogP contribution in [0.25, 0.3) is 28.2 Å². The van der Waals surface area contributed by atoms with Crippen LogP contribution in [0, 0.1) is 0 Å². The molecule has 9 heteroatoms. The van der Waals surface area contributed by atoms with Gasteiger partial charge in [0.1, 0.15) is 45.8 Å². The molecular weight excluding hydrogens is 456 g/mol. The summed E-state index contributed by atoms with van der Waals surface area (Å²) in [6.07, 6.45) is 4.82. The van der Waals surface area contributed by atoms with Crippen molar-refractivity contribution in [2.45, 2.75) is 40.2 Å². The zero-order chi connectivity index (χ0) is 25.5. The van der Waals surface area contributed by atoms with E-state index >= 15 is 0 Å². The summed E-state index contributed by atoms with van der Waals surface area (Å²) in [6, 6.07) is 5.77. The molecule has 3 aromatic rings. The first-order valence-electron chi connectivity index (χ1n) is 10.7. The first kappa shape index (κ1) is 23.7. The van der Waals surface area contributed by atoms with Crippen molar-refractivity contribution in [3.05, 3.63) is 52.4 Å². The molecule has 35 heavy (non-hydrogen) atoms. The van der Waals surface area contributed by atoms with Crippen LogP contribution in [-0.4, -0.2) is 23.5 Å². The standard InChI is InChI=1S/C26H22O9/c1-13(27)32-16-10-21-23(22(11-16)34-15(3)29)24(30)19(12-31-21)17-6-7-20(33-14(2)28)18-8-9-26(4,5)35-25(17)18/h6-12H,1-5H3. The molecule has 4 rings (SSSR count). The summed E-state index contributed by atoms with van der Waals surface area (Å²) in [5.41, 5.74) is -0.141. The molecule has 0 amide bonds. The van der Waals surface area contributed by atoms with Gasteiger partial charge < -0.3 is 23.4 Å². The molecule has 1 aliphatic rings. The minimum absolute atomic E-state index is 0.0166. The molecule has 0 unspecified atom stereocenters. The Labute approximate surface area is 199 Å². The molecule has 0 fully saturated rings. The number of carbonyl (C=O) groups excluding carboxylic acids is 3. The summed E-state index contributed by atoms with van der Waals surface area (Å²) in [4.78, 5) is 48.3. The minimum Gasteiger partial charge on any atom is -0.482 e. The van der Waals surface area contributed by atoms with Crippen molar-refractivity contribution in [1.82, 2.24) is 0 Å². The Hall–Kier alpha value is -4.40. The molecule has 2 heterocycles. The Bertz CT molecular complexity index is 1470. The molecule has 0 radical (unpaired) electrons. The van der Waals surface area contributed by atoms with Crippen molar-refractivity contribution in [2.24, 2.45) is 0 Å². The quantitative estimate of drug-likeness (QED) is 0.396. The third kappa shape index (κ3) is 4.79. The highest BCUT2D eigenvalue weighted by Gasteiger charge is 2.29. The van der Waals surface area contributed by atoms with Crippen molar-refractivity contribution < 1.29 is 37.7 Å². The van der Waals surface area contributed by atoms with E-state index in [1.54, 1.807) is 18.2 Å². The maximum Gasteiger partial charge on any atom is 0.308 e. The summed E-state index contributed by atoms with van der Waals surface area (Å²) >= 11 is 0. The van der Waals surface area contributed by atoms with E-state index in [2.05, 4.69) is 0 Å². The Morgan fingerprint density at radius 1 is 0.857 bits per heavy atom. The van der Waals surface area contributed by atoms with E-state index in [1.165, 1.54) is 39.2 Å². The number of fused-ring (bicyclic) bond motifs is 2. The van der Waals surface area contributed by atoms with E-state index < -0.39 is 28.9 Å². The molecule has 0 N–H and O–H groups in total. The topological polar surface area (TPSA) is 118 Å². The molecule has 0 spiro atoms. The first-order chi connectivity index (χ1) is 16.4. The van der Waals surface area contributed by atoms with Crippen molar-refractivity contribution in [1.29, 1.82) is 0 Å². The van der Waals surface area contributed by atoms with Gasteiger partial charge >= 0.3 is 17.9 Å². The van der Waals surface area contributed by atoms with Gasteiger partial charge in [-0.1, -0.05) is 0 Å². The first-order valence-corrected chi connectivity index (χ1v) is 10.7. The van der Waals surface area contributed by atoms with Gasteiger partial charge in [-0.2, -0.15) is 0 Å². The van der Waals surface area contributed by atoms with E-state index in [4.69, 9.17) is 23.4 Å². The van der Waals surface area contributed by atoms with Gasteiger partial charge in [0.25, 0.3) is 0 Å². The maximum atomic E-state index is 13.7. The largest absolute Gasteiger partial charge is 0.482 e. The van der Waals surface area contributed by atoms with Crippen LogP contribution in [0.1, 0.15) is 40.2 Å². The summed E-state index contributed by atoms with van der Waals surface area (Å²) in [6.45, 7) is 7.37. The second-order valence-corrected chi connectivity index (χ2v) is 8.45. The van der Waals surface area contributed by atoms with Gasteiger partial charge in [0.15, 0.2) is 0 Å². The van der Waals surface area contributed by atoms with E-state index in [0.717, 1.165) is 0 Å². The zero-order valence-electron chi connectivity index (χ0n) is 19.7. The molecule has 0 aliphatic carbocycles. The van der Waals surface area contributed by atoms with Crippen molar-refractivity contribution in [3.63, 3.8) is 0 Å². The molecule has 1 aliphatic heterocycles. The summed E-state index contributed by atoms with van der Waals surface area (Å²) in [5, 5.41) is -0.0166. The molecule has 0 saturated heterocycles. The smallest absolute Gasteiger partial charge is 0.308 e. The molecule has 0 saturated carbocycles. The molecule has 180 valence electrons. The summed E-state index contributed by atoms with van der Waals surface area (Å²) < 4.78 is 27.5. The van der Waals surface area contributed by atoms with Gasteiger partial charge in [0.2, 0.25) is 5.43 Å². The zero-order valence-corrected chi connectivity index (χ0v) is 19.7. The fourth-order valence-corrected chi connectivity index (χ4v) is 3.73. The lowest BCUT2D eigenvalue weighted by Crippen LogP contribution is -2.28. The maximum absolute atomic E-state index is 13.7.